The Morgan fingerprint density at radius 2 is 2.25 bits per heavy atom. The van der Waals surface area contributed by atoms with Crippen LogP contribution in [0.1, 0.15) is 20.8 Å². The summed E-state index contributed by atoms with van der Waals surface area (Å²) in [7, 11) is 0. The maximum Gasteiger partial charge on any atom is 0.169 e. The number of carbonyl (C=O) groups excluding carboxylic acids is 1. The number of rotatable bonds is 3. The fourth-order valence-corrected chi connectivity index (χ4v) is 2.86. The molecule has 0 saturated heterocycles. The lowest BCUT2D eigenvalue weighted by Crippen LogP contribution is -2.03. The molecule has 0 aliphatic heterocycles. The van der Waals surface area contributed by atoms with Crippen LogP contribution < -0.4 is 0 Å². The second-order valence-corrected chi connectivity index (χ2v) is 5.49. The van der Waals surface area contributed by atoms with Crippen LogP contribution in [0.3, 0.4) is 0 Å². The standard InChI is InChI=1S/C12H10BrNOS/c1-8-2-9(6-14-5-8)12(15)4-11-3-10(13)7-16-11/h2-3,5-7H,4H2,1H3. The van der Waals surface area contributed by atoms with E-state index in [0.717, 1.165) is 14.9 Å². The summed E-state index contributed by atoms with van der Waals surface area (Å²) in [6, 6.07) is 3.85. The molecule has 2 nitrogen and oxygen atoms in total. The molecule has 2 rings (SSSR count). The Bertz CT molecular complexity index is 521. The number of carbonyl (C=O) groups is 1. The zero-order valence-corrected chi connectivity index (χ0v) is 11.1. The molecular formula is C12H10BrNOS. The molecular weight excluding hydrogens is 286 g/mol. The zero-order valence-electron chi connectivity index (χ0n) is 8.74. The fraction of sp³-hybridized carbons (Fsp3) is 0.167. The first-order chi connectivity index (χ1) is 7.65. The number of thiophene rings is 1. The molecule has 0 N–H and O–H groups in total. The van der Waals surface area contributed by atoms with Gasteiger partial charge in [0.1, 0.15) is 0 Å². The normalized spacial score (nSPS) is 10.4. The van der Waals surface area contributed by atoms with E-state index in [0.29, 0.717) is 12.0 Å². The van der Waals surface area contributed by atoms with Gasteiger partial charge in [-0.2, -0.15) is 0 Å². The van der Waals surface area contributed by atoms with Crippen LogP contribution in [-0.4, -0.2) is 10.8 Å². The number of halogens is 1. The highest BCUT2D eigenvalue weighted by molar-refractivity contribution is 9.10. The van der Waals surface area contributed by atoms with E-state index in [1.54, 1.807) is 23.7 Å². The minimum Gasteiger partial charge on any atom is -0.294 e. The number of nitrogens with zero attached hydrogens (tertiary/aromatic N) is 1. The van der Waals surface area contributed by atoms with Crippen molar-refractivity contribution in [3.8, 4) is 0 Å². The van der Waals surface area contributed by atoms with E-state index in [-0.39, 0.29) is 5.78 Å². The van der Waals surface area contributed by atoms with Crippen LogP contribution in [0.15, 0.2) is 34.4 Å². The Labute approximate surface area is 106 Å². The first kappa shape index (κ1) is 11.5. The predicted octanol–water partition coefficient (Wildman–Crippen LogP) is 3.64. The van der Waals surface area contributed by atoms with Crippen molar-refractivity contribution in [2.45, 2.75) is 13.3 Å². The van der Waals surface area contributed by atoms with Crippen LogP contribution in [0.25, 0.3) is 0 Å². The topological polar surface area (TPSA) is 30.0 Å². The number of hydrogen-bond acceptors (Lipinski definition) is 3. The summed E-state index contributed by atoms with van der Waals surface area (Å²) in [6.07, 6.45) is 3.82. The maximum atomic E-state index is 11.9. The molecule has 0 aliphatic rings. The number of hydrogen-bond donors (Lipinski definition) is 0. The van der Waals surface area contributed by atoms with Crippen LogP contribution in [-0.2, 0) is 6.42 Å². The van der Waals surface area contributed by atoms with Gasteiger partial charge in [0, 0.05) is 39.1 Å². The largest absolute Gasteiger partial charge is 0.294 e. The zero-order chi connectivity index (χ0) is 11.5. The Morgan fingerprint density at radius 3 is 2.88 bits per heavy atom. The number of pyridine rings is 1. The van der Waals surface area contributed by atoms with Gasteiger partial charge >= 0.3 is 0 Å². The molecule has 0 bridgehead atoms. The summed E-state index contributed by atoms with van der Waals surface area (Å²) in [4.78, 5) is 17.0. The molecule has 0 saturated carbocycles. The second kappa shape index (κ2) is 4.89. The lowest BCUT2D eigenvalue weighted by Gasteiger charge is -1.99. The Morgan fingerprint density at radius 1 is 1.44 bits per heavy atom. The molecule has 0 unspecified atom stereocenters. The predicted molar refractivity (Wildman–Crippen MR) is 69.0 cm³/mol. The van der Waals surface area contributed by atoms with Crippen LogP contribution in [0.4, 0.5) is 0 Å². The summed E-state index contributed by atoms with van der Waals surface area (Å²) in [5.74, 6) is 0.116. The van der Waals surface area contributed by atoms with Gasteiger partial charge in [0.25, 0.3) is 0 Å². The van der Waals surface area contributed by atoms with Gasteiger partial charge < -0.3 is 0 Å². The van der Waals surface area contributed by atoms with Crippen molar-refractivity contribution in [2.24, 2.45) is 0 Å². The third-order valence-corrected chi connectivity index (χ3v) is 3.85. The molecule has 82 valence electrons. The van der Waals surface area contributed by atoms with Gasteiger partial charge in [0.15, 0.2) is 5.78 Å². The minimum absolute atomic E-state index is 0.116. The summed E-state index contributed by atoms with van der Waals surface area (Å²) >= 11 is 4.97. The number of Topliss-reactive ketones (excluding diaryl/α,β-unsaturated/α-hetero) is 1. The highest BCUT2D eigenvalue weighted by atomic mass is 79.9. The minimum atomic E-state index is 0.116. The van der Waals surface area contributed by atoms with Gasteiger partial charge in [-0.3, -0.25) is 9.78 Å². The molecule has 0 aliphatic carbocycles. The lowest BCUT2D eigenvalue weighted by atomic mass is 10.1. The van der Waals surface area contributed by atoms with Gasteiger partial charge in [-0.05, 0) is 40.5 Å². The SMILES string of the molecule is Cc1cncc(C(=O)Cc2cc(Br)cs2)c1. The van der Waals surface area contributed by atoms with Crippen molar-refractivity contribution < 1.29 is 4.79 Å². The van der Waals surface area contributed by atoms with Crippen LogP contribution >= 0.6 is 27.3 Å². The first-order valence-corrected chi connectivity index (χ1v) is 6.50. The molecule has 0 atom stereocenters. The molecule has 16 heavy (non-hydrogen) atoms. The summed E-state index contributed by atoms with van der Waals surface area (Å²) in [5, 5.41) is 1.98. The maximum absolute atomic E-state index is 11.9. The monoisotopic (exact) mass is 295 g/mol. The lowest BCUT2D eigenvalue weighted by molar-refractivity contribution is 0.0993. The Hall–Kier alpha value is -1.000. The molecule has 0 spiro atoms. The summed E-state index contributed by atoms with van der Waals surface area (Å²) < 4.78 is 1.03. The van der Waals surface area contributed by atoms with Gasteiger partial charge in [-0.1, -0.05) is 0 Å². The first-order valence-electron chi connectivity index (χ1n) is 4.83. The van der Waals surface area contributed by atoms with E-state index < -0.39 is 0 Å². The second-order valence-electron chi connectivity index (χ2n) is 3.58. The molecule has 2 heterocycles. The molecule has 4 heteroatoms. The van der Waals surface area contributed by atoms with Crippen LogP contribution in [0.5, 0.6) is 0 Å². The number of aromatic nitrogens is 1. The quantitative estimate of drug-likeness (QED) is 0.809. The summed E-state index contributed by atoms with van der Waals surface area (Å²) in [6.45, 7) is 1.94. The molecule has 0 amide bonds. The number of aryl methyl sites for hydroxylation is 1. The van der Waals surface area contributed by atoms with Crippen molar-refractivity contribution in [2.75, 3.05) is 0 Å². The van der Waals surface area contributed by atoms with Gasteiger partial charge in [0.2, 0.25) is 0 Å². The Kier molecular flexibility index (Phi) is 3.51. The van der Waals surface area contributed by atoms with Crippen LogP contribution in [0.2, 0.25) is 0 Å². The summed E-state index contributed by atoms with van der Waals surface area (Å²) in [5.41, 5.74) is 1.70. The smallest absolute Gasteiger partial charge is 0.169 e. The third-order valence-electron chi connectivity index (χ3n) is 2.15. The molecule has 0 radical (unpaired) electrons. The highest BCUT2D eigenvalue weighted by Crippen LogP contribution is 2.21. The van der Waals surface area contributed by atoms with Crippen molar-refractivity contribution in [1.82, 2.24) is 4.98 Å². The van der Waals surface area contributed by atoms with Crippen molar-refractivity contribution >= 4 is 33.0 Å². The number of ketones is 1. The highest BCUT2D eigenvalue weighted by Gasteiger charge is 2.09. The average molecular weight is 296 g/mol. The van der Waals surface area contributed by atoms with E-state index in [1.165, 1.54) is 0 Å². The van der Waals surface area contributed by atoms with Crippen molar-refractivity contribution in [1.29, 1.82) is 0 Å². The Balaban J connectivity index is 2.14. The van der Waals surface area contributed by atoms with E-state index in [9.17, 15) is 4.79 Å². The molecule has 0 fully saturated rings. The van der Waals surface area contributed by atoms with Crippen molar-refractivity contribution in [3.05, 3.63) is 50.4 Å². The van der Waals surface area contributed by atoms with Gasteiger partial charge in [-0.15, -0.1) is 11.3 Å². The van der Waals surface area contributed by atoms with Gasteiger partial charge in [-0.25, -0.2) is 0 Å². The van der Waals surface area contributed by atoms with E-state index >= 15 is 0 Å². The molecule has 2 aromatic heterocycles. The third kappa shape index (κ3) is 2.77. The van der Waals surface area contributed by atoms with Crippen molar-refractivity contribution in [3.63, 3.8) is 0 Å². The van der Waals surface area contributed by atoms with E-state index in [1.807, 2.05) is 24.4 Å². The molecule has 2 aromatic rings. The average Bonchev–Trinajstić information content (AvgIpc) is 2.64. The van der Waals surface area contributed by atoms with E-state index in [4.69, 9.17) is 0 Å². The van der Waals surface area contributed by atoms with E-state index in [2.05, 4.69) is 20.9 Å². The van der Waals surface area contributed by atoms with Crippen LogP contribution in [0, 0.1) is 6.92 Å². The van der Waals surface area contributed by atoms with Gasteiger partial charge in [0.05, 0.1) is 0 Å². The fourth-order valence-electron chi connectivity index (χ4n) is 1.41. The molecule has 0 aromatic carbocycles.